The van der Waals surface area contributed by atoms with E-state index in [0.29, 0.717) is 12.6 Å². The summed E-state index contributed by atoms with van der Waals surface area (Å²) in [7, 11) is 1.92. The van der Waals surface area contributed by atoms with Gasteiger partial charge in [-0.1, -0.05) is 12.1 Å². The summed E-state index contributed by atoms with van der Waals surface area (Å²) in [6.07, 6.45) is 5.07. The third kappa shape index (κ3) is 2.02. The molecule has 2 heterocycles. The van der Waals surface area contributed by atoms with Crippen molar-refractivity contribution in [2.75, 3.05) is 11.9 Å². The van der Waals surface area contributed by atoms with E-state index < -0.39 is 0 Å². The predicted octanol–water partition coefficient (Wildman–Crippen LogP) is 2.25. The first-order valence-corrected chi connectivity index (χ1v) is 5.64. The fourth-order valence-electron chi connectivity index (χ4n) is 1.75. The van der Waals surface area contributed by atoms with Crippen molar-refractivity contribution in [2.45, 2.75) is 6.54 Å². The van der Waals surface area contributed by atoms with Crippen LogP contribution in [-0.2, 0) is 6.54 Å². The van der Waals surface area contributed by atoms with E-state index in [2.05, 4.69) is 15.0 Å². The molecule has 2 aromatic heterocycles. The van der Waals surface area contributed by atoms with Crippen LogP contribution in [0.1, 0.15) is 5.69 Å². The van der Waals surface area contributed by atoms with Crippen LogP contribution in [-0.4, -0.2) is 22.0 Å². The van der Waals surface area contributed by atoms with E-state index >= 15 is 0 Å². The monoisotopic (exact) mass is 240 g/mol. The van der Waals surface area contributed by atoms with Gasteiger partial charge in [0.25, 0.3) is 6.01 Å². The Morgan fingerprint density at radius 1 is 1.22 bits per heavy atom. The fraction of sp³-hybridized carbons (Fsp3) is 0.154. The smallest absolute Gasteiger partial charge is 0.298 e. The summed E-state index contributed by atoms with van der Waals surface area (Å²) in [6, 6.07) is 8.29. The summed E-state index contributed by atoms with van der Waals surface area (Å²) in [6.45, 7) is 0.612. The van der Waals surface area contributed by atoms with Crippen LogP contribution in [0.15, 0.2) is 47.3 Å². The Hall–Kier alpha value is -2.43. The molecule has 0 aliphatic heterocycles. The van der Waals surface area contributed by atoms with Gasteiger partial charge < -0.3 is 9.32 Å². The average Bonchev–Trinajstić information content (AvgIpc) is 2.84. The molecule has 0 atom stereocenters. The zero-order chi connectivity index (χ0) is 12.4. The van der Waals surface area contributed by atoms with E-state index in [1.54, 1.807) is 18.6 Å². The second-order valence-corrected chi connectivity index (χ2v) is 4.02. The molecule has 0 saturated heterocycles. The van der Waals surface area contributed by atoms with Crippen LogP contribution in [0.5, 0.6) is 0 Å². The Morgan fingerprint density at radius 3 is 2.89 bits per heavy atom. The molecule has 0 unspecified atom stereocenters. The molecule has 0 radical (unpaired) electrons. The molecular formula is C13H12N4O. The van der Waals surface area contributed by atoms with Gasteiger partial charge in [-0.05, 0) is 12.1 Å². The number of aromatic nitrogens is 3. The van der Waals surface area contributed by atoms with Gasteiger partial charge in [0.1, 0.15) is 5.52 Å². The molecule has 0 aliphatic rings. The molecule has 0 saturated carbocycles. The molecule has 5 nitrogen and oxygen atoms in total. The molecule has 3 aromatic rings. The van der Waals surface area contributed by atoms with Gasteiger partial charge in [-0.15, -0.1) is 0 Å². The average molecular weight is 240 g/mol. The van der Waals surface area contributed by atoms with Gasteiger partial charge in [0.2, 0.25) is 0 Å². The minimum Gasteiger partial charge on any atom is -0.423 e. The standard InChI is InChI=1S/C13H12N4O/c1-17(9-10-8-14-6-7-15-10)13-16-11-4-2-3-5-12(11)18-13/h2-8H,9H2,1H3. The number of hydrogen-bond acceptors (Lipinski definition) is 5. The molecule has 18 heavy (non-hydrogen) atoms. The largest absolute Gasteiger partial charge is 0.423 e. The Balaban J connectivity index is 1.86. The number of rotatable bonds is 3. The predicted molar refractivity (Wildman–Crippen MR) is 68.1 cm³/mol. The van der Waals surface area contributed by atoms with Crippen molar-refractivity contribution in [2.24, 2.45) is 0 Å². The zero-order valence-electron chi connectivity index (χ0n) is 9.95. The molecule has 3 rings (SSSR count). The van der Waals surface area contributed by atoms with E-state index in [-0.39, 0.29) is 0 Å². The summed E-state index contributed by atoms with van der Waals surface area (Å²) in [5.41, 5.74) is 2.53. The fourth-order valence-corrected chi connectivity index (χ4v) is 1.75. The molecule has 0 spiro atoms. The van der Waals surface area contributed by atoms with Crippen molar-refractivity contribution in [3.63, 3.8) is 0 Å². The maximum atomic E-state index is 5.67. The third-order valence-corrected chi connectivity index (χ3v) is 2.62. The van der Waals surface area contributed by atoms with Crippen molar-refractivity contribution >= 4 is 17.1 Å². The van der Waals surface area contributed by atoms with Crippen LogP contribution in [0.3, 0.4) is 0 Å². The first-order chi connectivity index (χ1) is 8.83. The summed E-state index contributed by atoms with van der Waals surface area (Å²) in [5, 5.41) is 0. The number of para-hydroxylation sites is 2. The highest BCUT2D eigenvalue weighted by Gasteiger charge is 2.10. The van der Waals surface area contributed by atoms with E-state index in [1.165, 1.54) is 0 Å². The number of benzene rings is 1. The molecular weight excluding hydrogens is 228 g/mol. The van der Waals surface area contributed by atoms with Crippen LogP contribution >= 0.6 is 0 Å². The second-order valence-electron chi connectivity index (χ2n) is 4.02. The number of fused-ring (bicyclic) bond motifs is 1. The van der Waals surface area contributed by atoms with E-state index in [0.717, 1.165) is 16.8 Å². The summed E-state index contributed by atoms with van der Waals surface area (Å²) in [4.78, 5) is 14.6. The quantitative estimate of drug-likeness (QED) is 0.702. The lowest BCUT2D eigenvalue weighted by molar-refractivity contribution is 0.580. The van der Waals surface area contributed by atoms with Gasteiger partial charge in [0.05, 0.1) is 18.4 Å². The van der Waals surface area contributed by atoms with Gasteiger partial charge in [-0.25, -0.2) is 0 Å². The van der Waals surface area contributed by atoms with Gasteiger partial charge >= 0.3 is 0 Å². The highest BCUT2D eigenvalue weighted by molar-refractivity contribution is 5.74. The first-order valence-electron chi connectivity index (χ1n) is 5.64. The summed E-state index contributed by atoms with van der Waals surface area (Å²) < 4.78 is 5.67. The number of hydrogen-bond donors (Lipinski definition) is 0. The number of nitrogens with zero attached hydrogens (tertiary/aromatic N) is 4. The summed E-state index contributed by atoms with van der Waals surface area (Å²) in [5.74, 6) is 0. The lowest BCUT2D eigenvalue weighted by Gasteiger charge is -2.12. The van der Waals surface area contributed by atoms with Crippen molar-refractivity contribution in [3.05, 3.63) is 48.5 Å². The lowest BCUT2D eigenvalue weighted by atomic mass is 10.3. The Kier molecular flexibility index (Phi) is 2.64. The Morgan fingerprint density at radius 2 is 2.11 bits per heavy atom. The minimum atomic E-state index is 0.585. The van der Waals surface area contributed by atoms with Crippen molar-refractivity contribution < 1.29 is 4.42 Å². The first kappa shape index (κ1) is 10.7. The minimum absolute atomic E-state index is 0.585. The van der Waals surface area contributed by atoms with Crippen LogP contribution in [0.4, 0.5) is 6.01 Å². The third-order valence-electron chi connectivity index (χ3n) is 2.62. The highest BCUT2D eigenvalue weighted by atomic mass is 16.4. The topological polar surface area (TPSA) is 55.1 Å². The van der Waals surface area contributed by atoms with Crippen LogP contribution in [0, 0.1) is 0 Å². The molecule has 90 valence electrons. The van der Waals surface area contributed by atoms with Crippen LogP contribution < -0.4 is 4.90 Å². The molecule has 0 amide bonds. The Labute approximate surface area is 104 Å². The second kappa shape index (κ2) is 4.44. The molecule has 0 bridgehead atoms. The van der Waals surface area contributed by atoms with E-state index in [4.69, 9.17) is 4.42 Å². The highest BCUT2D eigenvalue weighted by Crippen LogP contribution is 2.21. The summed E-state index contributed by atoms with van der Waals surface area (Å²) >= 11 is 0. The zero-order valence-corrected chi connectivity index (χ0v) is 9.95. The van der Waals surface area contributed by atoms with Crippen molar-refractivity contribution in [3.8, 4) is 0 Å². The van der Waals surface area contributed by atoms with Gasteiger partial charge in [-0.3, -0.25) is 9.97 Å². The van der Waals surface area contributed by atoms with Gasteiger partial charge in [0.15, 0.2) is 5.58 Å². The van der Waals surface area contributed by atoms with Gasteiger partial charge in [-0.2, -0.15) is 4.98 Å². The maximum Gasteiger partial charge on any atom is 0.298 e. The molecule has 0 N–H and O–H groups in total. The lowest BCUT2D eigenvalue weighted by Crippen LogP contribution is -2.17. The molecule has 0 aliphatic carbocycles. The van der Waals surface area contributed by atoms with Crippen LogP contribution in [0.2, 0.25) is 0 Å². The molecule has 1 aromatic carbocycles. The number of anilines is 1. The van der Waals surface area contributed by atoms with Gasteiger partial charge in [0, 0.05) is 19.4 Å². The van der Waals surface area contributed by atoms with Crippen LogP contribution in [0.25, 0.3) is 11.1 Å². The Bertz CT molecular complexity index is 617. The van der Waals surface area contributed by atoms with E-state index in [1.807, 2.05) is 36.2 Å². The van der Waals surface area contributed by atoms with Crippen molar-refractivity contribution in [1.29, 1.82) is 0 Å². The van der Waals surface area contributed by atoms with Crippen molar-refractivity contribution in [1.82, 2.24) is 15.0 Å². The SMILES string of the molecule is CN(Cc1cnccn1)c1nc2ccccc2o1. The normalized spacial score (nSPS) is 10.7. The molecule has 0 fully saturated rings. The number of oxazole rings is 1. The maximum absolute atomic E-state index is 5.67. The van der Waals surface area contributed by atoms with E-state index in [9.17, 15) is 0 Å². The molecule has 5 heteroatoms.